The summed E-state index contributed by atoms with van der Waals surface area (Å²) in [6, 6.07) is 0. The molecule has 6 heteroatoms. The topological polar surface area (TPSA) is 38.7 Å². The summed E-state index contributed by atoms with van der Waals surface area (Å²) >= 11 is 0. The Bertz CT molecular complexity index is 220. The smallest absolute Gasteiger partial charge is 0.171 e. The maximum absolute atomic E-state index is 11.7. The van der Waals surface area contributed by atoms with E-state index in [0.717, 1.165) is 12.4 Å². The summed E-state index contributed by atoms with van der Waals surface area (Å²) in [6.45, 7) is 0. The van der Waals surface area contributed by atoms with Crippen molar-refractivity contribution in [3.8, 4) is 0 Å². The van der Waals surface area contributed by atoms with E-state index in [9.17, 15) is 13.2 Å². The molecule has 0 amide bonds. The standard InChI is InChI=1S/C5H4F3N3/c6-5(7,8)1-4-2-9-11-10-3-4/h2-3H,1H2. The molecule has 1 rings (SSSR count). The third-order valence-corrected chi connectivity index (χ3v) is 0.955. The normalized spacial score (nSPS) is 11.5. The zero-order valence-corrected chi connectivity index (χ0v) is 5.34. The van der Waals surface area contributed by atoms with Gasteiger partial charge >= 0.3 is 6.18 Å². The molecule has 0 N–H and O–H groups in total. The first-order valence-corrected chi connectivity index (χ1v) is 2.77. The van der Waals surface area contributed by atoms with E-state index < -0.39 is 12.6 Å². The summed E-state index contributed by atoms with van der Waals surface area (Å²) in [5, 5.41) is 9.52. The van der Waals surface area contributed by atoms with Crippen LogP contribution in [0.15, 0.2) is 12.4 Å². The molecule has 0 unspecified atom stereocenters. The molecule has 0 radical (unpaired) electrons. The summed E-state index contributed by atoms with van der Waals surface area (Å²) in [4.78, 5) is 0. The van der Waals surface area contributed by atoms with E-state index in [2.05, 4.69) is 15.4 Å². The summed E-state index contributed by atoms with van der Waals surface area (Å²) in [7, 11) is 0. The Balaban J connectivity index is 2.66. The maximum atomic E-state index is 11.7. The van der Waals surface area contributed by atoms with Crippen molar-refractivity contribution >= 4 is 0 Å². The summed E-state index contributed by atoms with van der Waals surface area (Å²) in [6.07, 6.45) is -3.12. The molecule has 11 heavy (non-hydrogen) atoms. The van der Waals surface area contributed by atoms with Crippen LogP contribution in [0.3, 0.4) is 0 Å². The first-order chi connectivity index (χ1) is 5.08. The molecule has 3 nitrogen and oxygen atoms in total. The minimum Gasteiger partial charge on any atom is -0.171 e. The van der Waals surface area contributed by atoms with Gasteiger partial charge in [-0.3, -0.25) is 0 Å². The third-order valence-electron chi connectivity index (χ3n) is 0.955. The highest BCUT2D eigenvalue weighted by Crippen LogP contribution is 2.19. The van der Waals surface area contributed by atoms with E-state index in [1.165, 1.54) is 0 Å². The monoisotopic (exact) mass is 163 g/mol. The fraction of sp³-hybridized carbons (Fsp3) is 0.400. The molecule has 1 aromatic rings. The number of nitrogens with zero attached hydrogens (tertiary/aromatic N) is 3. The quantitative estimate of drug-likeness (QED) is 0.619. The Hall–Kier alpha value is -1.20. The van der Waals surface area contributed by atoms with Crippen molar-refractivity contribution in [2.45, 2.75) is 12.6 Å². The fourth-order valence-corrected chi connectivity index (χ4v) is 0.586. The highest BCUT2D eigenvalue weighted by molar-refractivity contribution is 5.02. The van der Waals surface area contributed by atoms with Gasteiger partial charge in [-0.15, -0.1) is 10.2 Å². The van der Waals surface area contributed by atoms with E-state index in [1.54, 1.807) is 0 Å². The van der Waals surface area contributed by atoms with Gasteiger partial charge in [0.2, 0.25) is 0 Å². The maximum Gasteiger partial charge on any atom is 0.393 e. The molecule has 0 aliphatic carbocycles. The SMILES string of the molecule is FC(F)(F)Cc1cnnnc1. The van der Waals surface area contributed by atoms with Crippen LogP contribution >= 0.6 is 0 Å². The van der Waals surface area contributed by atoms with Crippen LogP contribution in [-0.4, -0.2) is 21.6 Å². The van der Waals surface area contributed by atoms with Gasteiger partial charge in [0.05, 0.1) is 18.8 Å². The Kier molecular flexibility index (Phi) is 2.02. The molecule has 0 aliphatic heterocycles. The van der Waals surface area contributed by atoms with Gasteiger partial charge in [-0.05, 0) is 5.21 Å². The minimum atomic E-state index is -4.20. The summed E-state index contributed by atoms with van der Waals surface area (Å²) in [5.74, 6) is 0. The molecule has 0 atom stereocenters. The average Bonchev–Trinajstić information content (AvgIpc) is 1.85. The Labute approximate surface area is 60.3 Å². The van der Waals surface area contributed by atoms with Gasteiger partial charge in [-0.25, -0.2) is 0 Å². The molecule has 0 saturated carbocycles. The van der Waals surface area contributed by atoms with Crippen molar-refractivity contribution in [2.75, 3.05) is 0 Å². The molecule has 0 spiro atoms. The lowest BCUT2D eigenvalue weighted by atomic mass is 10.2. The van der Waals surface area contributed by atoms with Gasteiger partial charge in [-0.2, -0.15) is 13.2 Å². The lowest BCUT2D eigenvalue weighted by molar-refractivity contribution is -0.127. The predicted molar refractivity (Wildman–Crippen MR) is 29.6 cm³/mol. The van der Waals surface area contributed by atoms with Gasteiger partial charge in [0.25, 0.3) is 0 Å². The molecule has 0 bridgehead atoms. The van der Waals surface area contributed by atoms with Crippen molar-refractivity contribution < 1.29 is 13.2 Å². The van der Waals surface area contributed by atoms with Crippen LogP contribution in [0.4, 0.5) is 13.2 Å². The van der Waals surface area contributed by atoms with Crippen LogP contribution in [0.25, 0.3) is 0 Å². The lowest BCUT2D eigenvalue weighted by Crippen LogP contribution is -2.12. The van der Waals surface area contributed by atoms with Crippen molar-refractivity contribution in [3.05, 3.63) is 18.0 Å². The molecule has 60 valence electrons. The highest BCUT2D eigenvalue weighted by Gasteiger charge is 2.27. The number of alkyl halides is 3. The van der Waals surface area contributed by atoms with Crippen LogP contribution in [0.2, 0.25) is 0 Å². The Morgan fingerprint density at radius 2 is 1.73 bits per heavy atom. The van der Waals surface area contributed by atoms with Gasteiger partial charge in [0.1, 0.15) is 0 Å². The molecular weight excluding hydrogens is 159 g/mol. The van der Waals surface area contributed by atoms with Crippen LogP contribution in [0, 0.1) is 0 Å². The zero-order valence-electron chi connectivity index (χ0n) is 5.34. The lowest BCUT2D eigenvalue weighted by Gasteiger charge is -2.03. The molecule has 0 aliphatic rings. The molecule has 0 aromatic carbocycles. The molecular formula is C5H4F3N3. The summed E-state index contributed by atoms with van der Waals surface area (Å²) in [5.41, 5.74) is 0.0208. The predicted octanol–water partition coefficient (Wildman–Crippen LogP) is 0.976. The van der Waals surface area contributed by atoms with Gasteiger partial charge in [-0.1, -0.05) is 0 Å². The Morgan fingerprint density at radius 3 is 2.18 bits per heavy atom. The van der Waals surface area contributed by atoms with E-state index in [4.69, 9.17) is 0 Å². The molecule has 0 saturated heterocycles. The highest BCUT2D eigenvalue weighted by atomic mass is 19.4. The van der Waals surface area contributed by atoms with Gasteiger partial charge in [0, 0.05) is 5.56 Å². The second-order valence-electron chi connectivity index (χ2n) is 1.95. The second kappa shape index (κ2) is 2.81. The largest absolute Gasteiger partial charge is 0.393 e. The number of hydrogen-bond donors (Lipinski definition) is 0. The van der Waals surface area contributed by atoms with E-state index in [1.807, 2.05) is 0 Å². The van der Waals surface area contributed by atoms with Crippen LogP contribution in [0.5, 0.6) is 0 Å². The average molecular weight is 163 g/mol. The fourth-order valence-electron chi connectivity index (χ4n) is 0.586. The van der Waals surface area contributed by atoms with Crippen LogP contribution in [-0.2, 0) is 6.42 Å². The van der Waals surface area contributed by atoms with Gasteiger partial charge < -0.3 is 0 Å². The van der Waals surface area contributed by atoms with E-state index >= 15 is 0 Å². The van der Waals surface area contributed by atoms with Crippen molar-refractivity contribution in [1.29, 1.82) is 0 Å². The number of hydrogen-bond acceptors (Lipinski definition) is 3. The molecule has 1 heterocycles. The van der Waals surface area contributed by atoms with E-state index in [0.29, 0.717) is 0 Å². The zero-order chi connectivity index (χ0) is 8.32. The van der Waals surface area contributed by atoms with Gasteiger partial charge in [0.15, 0.2) is 0 Å². The van der Waals surface area contributed by atoms with Crippen LogP contribution in [0.1, 0.15) is 5.56 Å². The summed E-state index contributed by atoms with van der Waals surface area (Å²) < 4.78 is 35.0. The third kappa shape index (κ3) is 2.92. The van der Waals surface area contributed by atoms with Crippen molar-refractivity contribution in [3.63, 3.8) is 0 Å². The van der Waals surface area contributed by atoms with E-state index in [-0.39, 0.29) is 5.56 Å². The molecule has 1 aromatic heterocycles. The first kappa shape index (κ1) is 7.90. The van der Waals surface area contributed by atoms with Crippen LogP contribution < -0.4 is 0 Å². The number of rotatable bonds is 1. The number of halogens is 3. The van der Waals surface area contributed by atoms with Crippen molar-refractivity contribution in [2.24, 2.45) is 0 Å². The first-order valence-electron chi connectivity index (χ1n) is 2.77. The van der Waals surface area contributed by atoms with Crippen molar-refractivity contribution in [1.82, 2.24) is 15.4 Å². The Morgan fingerprint density at radius 1 is 1.18 bits per heavy atom. The second-order valence-corrected chi connectivity index (χ2v) is 1.95. The minimum absolute atomic E-state index is 0.0208. The molecule has 0 fully saturated rings. The number of aromatic nitrogens is 3.